The molecule has 104 valence electrons. The molecule has 0 amide bonds. The van der Waals surface area contributed by atoms with E-state index in [4.69, 9.17) is 11.5 Å². The molecule has 5 N–H and O–H groups in total. The predicted molar refractivity (Wildman–Crippen MR) is 73.5 cm³/mol. The molecule has 3 saturated heterocycles. The molecule has 5 nitrogen and oxygen atoms in total. The van der Waals surface area contributed by atoms with E-state index in [2.05, 4.69) is 19.0 Å². The number of guanidine groups is 1. The molecule has 0 saturated carbocycles. The molecule has 3 heterocycles. The number of hydrogen-bond acceptors (Lipinski definition) is 0. The zero-order chi connectivity index (χ0) is 13.2. The van der Waals surface area contributed by atoms with Gasteiger partial charge < -0.3 is 8.97 Å². The van der Waals surface area contributed by atoms with Gasteiger partial charge in [-0.25, -0.2) is 0 Å². The maximum atomic E-state index is 5.43. The van der Waals surface area contributed by atoms with Gasteiger partial charge in [0.1, 0.15) is 39.3 Å². The fraction of sp³-hybridized carbons (Fsp3) is 0.923. The molecule has 3 rings (SSSR count). The molecular weight excluding hydrogens is 226 g/mol. The lowest BCUT2D eigenvalue weighted by molar-refractivity contribution is -1.07. The van der Waals surface area contributed by atoms with Gasteiger partial charge in [-0.1, -0.05) is 6.92 Å². The summed E-state index contributed by atoms with van der Waals surface area (Å²) in [6, 6.07) is 0. The quantitative estimate of drug-likeness (QED) is 0.293. The van der Waals surface area contributed by atoms with Crippen LogP contribution >= 0.6 is 0 Å². The lowest BCUT2D eigenvalue weighted by Crippen LogP contribution is -2.79. The van der Waals surface area contributed by atoms with E-state index in [1.807, 2.05) is 0 Å². The summed E-state index contributed by atoms with van der Waals surface area (Å²) in [5.41, 5.74) is 10.9. The zero-order valence-corrected chi connectivity index (χ0v) is 12.0. The van der Waals surface area contributed by atoms with Crippen LogP contribution in [0.15, 0.2) is 0 Å². The van der Waals surface area contributed by atoms with Crippen LogP contribution in [0.5, 0.6) is 0 Å². The first-order chi connectivity index (χ1) is 8.43. The maximum absolute atomic E-state index is 5.43. The Kier molecular flexibility index (Phi) is 3.82. The number of rotatable bonds is 5. The number of likely N-dealkylation sites (N-methyl/N-ethyl adjacent to an activating group) is 1. The Hall–Kier alpha value is -0.810. The second kappa shape index (κ2) is 5.05. The summed E-state index contributed by atoms with van der Waals surface area (Å²) in [7, 11) is 2.42. The zero-order valence-electron chi connectivity index (χ0n) is 12.0. The molecule has 1 atom stereocenters. The Morgan fingerprint density at radius 3 is 2.17 bits per heavy atom. The van der Waals surface area contributed by atoms with Crippen LogP contribution in [0.2, 0.25) is 0 Å². The van der Waals surface area contributed by atoms with Crippen LogP contribution in [-0.2, 0) is 0 Å². The Morgan fingerprint density at radius 1 is 1.11 bits per heavy atom. The van der Waals surface area contributed by atoms with Crippen molar-refractivity contribution < 1.29 is 14.0 Å². The highest BCUT2D eigenvalue weighted by Gasteiger charge is 2.46. The van der Waals surface area contributed by atoms with Crippen LogP contribution in [0.1, 0.15) is 13.3 Å². The van der Waals surface area contributed by atoms with E-state index in [9.17, 15) is 0 Å². The number of piperazine rings is 3. The molecule has 0 aromatic rings. The first-order valence-electron chi connectivity index (χ1n) is 7.24. The Labute approximate surface area is 111 Å². The number of nitrogens with one attached hydrogen (secondary N) is 1. The summed E-state index contributed by atoms with van der Waals surface area (Å²) in [5.74, 6) is 0.988. The smallest absolute Gasteiger partial charge is 0.312 e. The average molecular weight is 256 g/mol. The van der Waals surface area contributed by atoms with Crippen LogP contribution in [0.3, 0.4) is 0 Å². The Bertz CT molecular complexity index is 297. The van der Waals surface area contributed by atoms with Gasteiger partial charge in [-0.15, -0.1) is 0 Å². The van der Waals surface area contributed by atoms with E-state index in [0.29, 0.717) is 11.9 Å². The van der Waals surface area contributed by atoms with Crippen LogP contribution in [0.25, 0.3) is 0 Å². The van der Waals surface area contributed by atoms with E-state index in [1.165, 1.54) is 61.2 Å². The second-order valence-corrected chi connectivity index (χ2v) is 6.76. The number of nitrogens with zero attached hydrogens (tertiary/aromatic N) is 2. The van der Waals surface area contributed by atoms with Gasteiger partial charge in [0.2, 0.25) is 0 Å². The molecule has 0 unspecified atom stereocenters. The van der Waals surface area contributed by atoms with Crippen LogP contribution in [0, 0.1) is 5.92 Å². The van der Waals surface area contributed by atoms with E-state index >= 15 is 0 Å². The van der Waals surface area contributed by atoms with Crippen molar-refractivity contribution in [1.82, 2.24) is 0 Å². The number of hydrogen-bond donors (Lipinski definition) is 3. The van der Waals surface area contributed by atoms with Gasteiger partial charge in [-0.05, 0) is 5.92 Å². The first-order valence-corrected chi connectivity index (χ1v) is 7.24. The summed E-state index contributed by atoms with van der Waals surface area (Å²) < 4.78 is 2.68. The number of nitrogens with two attached hydrogens (primary N) is 2. The summed E-state index contributed by atoms with van der Waals surface area (Å²) >= 11 is 0. The minimum Gasteiger partial charge on any atom is -0.312 e. The maximum Gasteiger partial charge on any atom is 0.338 e. The minimum absolute atomic E-state index is 0.345. The second-order valence-electron chi connectivity index (χ2n) is 6.76. The van der Waals surface area contributed by atoms with E-state index < -0.39 is 0 Å². The van der Waals surface area contributed by atoms with Gasteiger partial charge in [-0.2, -0.15) is 0 Å². The monoisotopic (exact) mass is 256 g/mol. The van der Waals surface area contributed by atoms with E-state index in [0.717, 1.165) is 6.54 Å². The highest BCUT2D eigenvalue weighted by atomic mass is 15.5. The molecular formula is C13H30N5+3. The van der Waals surface area contributed by atoms with E-state index in [-0.39, 0.29) is 0 Å². The lowest BCUT2D eigenvalue weighted by Gasteiger charge is -2.54. The fourth-order valence-electron chi connectivity index (χ4n) is 3.26. The average Bonchev–Trinajstić information content (AvgIpc) is 2.36. The largest absolute Gasteiger partial charge is 0.338 e. The molecule has 3 fully saturated rings. The third kappa shape index (κ3) is 3.14. The summed E-state index contributed by atoms with van der Waals surface area (Å²) in [5, 5.41) is 0. The number of quaternary nitrogens is 2. The molecule has 5 heteroatoms. The van der Waals surface area contributed by atoms with Crippen molar-refractivity contribution in [3.05, 3.63) is 0 Å². The van der Waals surface area contributed by atoms with Crippen molar-refractivity contribution in [1.29, 1.82) is 0 Å². The molecule has 0 aromatic carbocycles. The van der Waals surface area contributed by atoms with Crippen molar-refractivity contribution in [3.8, 4) is 0 Å². The molecule has 0 aliphatic carbocycles. The van der Waals surface area contributed by atoms with Gasteiger partial charge in [0.25, 0.3) is 0 Å². The molecule has 0 spiro atoms. The lowest BCUT2D eigenvalue weighted by atomic mass is 10.0. The van der Waals surface area contributed by atoms with Crippen LogP contribution < -0.4 is 16.5 Å². The Morgan fingerprint density at radius 2 is 1.67 bits per heavy atom. The van der Waals surface area contributed by atoms with Crippen molar-refractivity contribution >= 4 is 5.96 Å². The van der Waals surface area contributed by atoms with Gasteiger partial charge in [0, 0.05) is 6.42 Å². The van der Waals surface area contributed by atoms with Gasteiger partial charge in [0.05, 0.1) is 20.1 Å². The third-order valence-electron chi connectivity index (χ3n) is 5.09. The first kappa shape index (κ1) is 13.6. The van der Waals surface area contributed by atoms with Crippen molar-refractivity contribution in [2.45, 2.75) is 13.3 Å². The summed E-state index contributed by atoms with van der Waals surface area (Å²) in [6.45, 7) is 12.7. The topological polar surface area (TPSA) is 66.0 Å². The van der Waals surface area contributed by atoms with Gasteiger partial charge >= 0.3 is 5.96 Å². The van der Waals surface area contributed by atoms with Crippen molar-refractivity contribution in [2.75, 3.05) is 59.4 Å². The normalized spacial score (nSPS) is 36.3. The van der Waals surface area contributed by atoms with Gasteiger partial charge in [-0.3, -0.25) is 16.5 Å². The van der Waals surface area contributed by atoms with Crippen LogP contribution in [-0.4, -0.2) is 74.3 Å². The van der Waals surface area contributed by atoms with Crippen molar-refractivity contribution in [2.24, 2.45) is 17.4 Å². The van der Waals surface area contributed by atoms with E-state index in [1.54, 1.807) is 0 Å². The molecule has 18 heavy (non-hydrogen) atoms. The predicted octanol–water partition coefficient (Wildman–Crippen LogP) is -2.34. The highest BCUT2D eigenvalue weighted by molar-refractivity contribution is 5.69. The van der Waals surface area contributed by atoms with Gasteiger partial charge in [0.15, 0.2) is 0 Å². The SMILES string of the molecule is C[C@H](CC[N+]12CC[N+](C)(CC1)CC2)C[NH+]=C(N)N. The fourth-order valence-corrected chi connectivity index (χ4v) is 3.26. The Balaban J connectivity index is 1.78. The number of fused-ring (bicyclic) bond motifs is 3. The highest BCUT2D eigenvalue weighted by Crippen LogP contribution is 2.25. The molecule has 3 aliphatic heterocycles. The van der Waals surface area contributed by atoms with Crippen molar-refractivity contribution in [3.63, 3.8) is 0 Å². The third-order valence-corrected chi connectivity index (χ3v) is 5.09. The van der Waals surface area contributed by atoms with Crippen LogP contribution in [0.4, 0.5) is 0 Å². The molecule has 3 aliphatic rings. The summed E-state index contributed by atoms with van der Waals surface area (Å²) in [6.07, 6.45) is 1.27. The molecule has 0 radical (unpaired) electrons. The minimum atomic E-state index is 0.345. The summed E-state index contributed by atoms with van der Waals surface area (Å²) in [4.78, 5) is 3.04. The molecule has 0 aromatic heterocycles. The standard InChI is InChI=1S/C13H29N5/c1-12(11-16-13(14)15)3-4-18-8-5-17(2,6-9-18)7-10-18/h12H,3-11H2,1-2H3,(H4,14,15,16)/q+2/p+1/t12-,17?,18?/m1/s1. The molecule has 2 bridgehead atoms.